The normalized spacial score (nSPS) is 11.4. The van der Waals surface area contributed by atoms with Gasteiger partial charge in [-0.25, -0.2) is 9.97 Å². The molecule has 1 heterocycles. The average Bonchev–Trinajstić information content (AvgIpc) is 2.38. The van der Waals surface area contributed by atoms with Crippen LogP contribution in [0.2, 0.25) is 0 Å². The number of nitrogens with zero attached hydrogens (tertiary/aromatic N) is 2. The summed E-state index contributed by atoms with van der Waals surface area (Å²) in [7, 11) is 0. The van der Waals surface area contributed by atoms with Crippen LogP contribution in [0.5, 0.6) is 0 Å². The molecule has 0 saturated carbocycles. The fourth-order valence-corrected chi connectivity index (χ4v) is 1.91. The summed E-state index contributed by atoms with van der Waals surface area (Å²) in [6.07, 6.45) is -2.94. The summed E-state index contributed by atoms with van der Waals surface area (Å²) in [6, 6.07) is 5.36. The molecule has 2 rings (SSSR count). The van der Waals surface area contributed by atoms with E-state index in [1.807, 2.05) is 6.92 Å². The number of hydrogen-bond donors (Lipinski definition) is 1. The molecular weight excluding hydrogens is 267 g/mol. The third kappa shape index (κ3) is 3.07. The molecule has 1 N–H and O–H groups in total. The monoisotopic (exact) mass is 281 g/mol. The first kappa shape index (κ1) is 14.3. The topological polar surface area (TPSA) is 37.8 Å². The number of hydrogen-bond acceptors (Lipinski definition) is 3. The first-order valence-electron chi connectivity index (χ1n) is 6.16. The highest BCUT2D eigenvalue weighted by Gasteiger charge is 2.30. The van der Waals surface area contributed by atoms with E-state index in [4.69, 9.17) is 0 Å². The second kappa shape index (κ2) is 5.48. The Balaban J connectivity index is 2.41. The van der Waals surface area contributed by atoms with Crippen LogP contribution in [0.3, 0.4) is 0 Å². The van der Waals surface area contributed by atoms with E-state index in [0.717, 1.165) is 12.1 Å². The minimum Gasteiger partial charge on any atom is -0.370 e. The summed E-state index contributed by atoms with van der Waals surface area (Å²) in [5.74, 6) is 0.650. The Morgan fingerprint density at radius 3 is 2.50 bits per heavy atom. The second-order valence-corrected chi connectivity index (χ2v) is 4.35. The molecule has 6 heteroatoms. The fourth-order valence-electron chi connectivity index (χ4n) is 1.91. The van der Waals surface area contributed by atoms with Gasteiger partial charge in [-0.3, -0.25) is 0 Å². The van der Waals surface area contributed by atoms with Crippen molar-refractivity contribution in [2.45, 2.75) is 20.0 Å². The maximum Gasteiger partial charge on any atom is 0.416 e. The van der Waals surface area contributed by atoms with E-state index in [2.05, 4.69) is 15.3 Å². The van der Waals surface area contributed by atoms with Crippen molar-refractivity contribution in [1.29, 1.82) is 0 Å². The first-order valence-corrected chi connectivity index (χ1v) is 6.16. The highest BCUT2D eigenvalue weighted by Crippen LogP contribution is 2.32. The molecule has 0 amide bonds. The molecule has 3 nitrogen and oxygen atoms in total. The predicted octanol–water partition coefficient (Wildman–Crippen LogP) is 3.90. The number of anilines is 1. The van der Waals surface area contributed by atoms with Gasteiger partial charge in [0.05, 0.1) is 11.3 Å². The Bertz CT molecular complexity index is 609. The van der Waals surface area contributed by atoms with Gasteiger partial charge in [0, 0.05) is 18.2 Å². The molecule has 0 bridgehead atoms. The second-order valence-electron chi connectivity index (χ2n) is 4.35. The third-order valence-electron chi connectivity index (χ3n) is 2.85. The quantitative estimate of drug-likeness (QED) is 0.927. The smallest absolute Gasteiger partial charge is 0.370 e. The number of benzene rings is 1. The Kier molecular flexibility index (Phi) is 3.92. The molecule has 2 aromatic rings. The van der Waals surface area contributed by atoms with Gasteiger partial charge in [0.1, 0.15) is 12.1 Å². The van der Waals surface area contributed by atoms with Crippen LogP contribution in [0.15, 0.2) is 30.6 Å². The van der Waals surface area contributed by atoms with E-state index in [1.165, 1.54) is 12.4 Å². The average molecular weight is 281 g/mol. The van der Waals surface area contributed by atoms with Gasteiger partial charge in [0.15, 0.2) is 0 Å². The number of aryl methyl sites for hydroxylation is 1. The third-order valence-corrected chi connectivity index (χ3v) is 2.85. The summed E-state index contributed by atoms with van der Waals surface area (Å²) in [5.41, 5.74) is 1.14. The molecule has 20 heavy (non-hydrogen) atoms. The van der Waals surface area contributed by atoms with Crippen molar-refractivity contribution in [3.05, 3.63) is 41.7 Å². The van der Waals surface area contributed by atoms with Gasteiger partial charge >= 0.3 is 6.18 Å². The van der Waals surface area contributed by atoms with Gasteiger partial charge in [0.25, 0.3) is 0 Å². The Labute approximate surface area is 114 Å². The lowest BCUT2D eigenvalue weighted by Gasteiger charge is -2.11. The van der Waals surface area contributed by atoms with Gasteiger partial charge < -0.3 is 5.32 Å². The molecule has 106 valence electrons. The van der Waals surface area contributed by atoms with Crippen LogP contribution in [0.4, 0.5) is 19.0 Å². The van der Waals surface area contributed by atoms with Gasteiger partial charge in [-0.2, -0.15) is 13.2 Å². The molecule has 0 fully saturated rings. The van der Waals surface area contributed by atoms with Crippen molar-refractivity contribution >= 4 is 5.82 Å². The number of halogens is 3. The molecule has 0 aliphatic heterocycles. The lowest BCUT2D eigenvalue weighted by molar-refractivity contribution is -0.137. The number of nitrogens with one attached hydrogen (secondary N) is 1. The molecule has 0 aliphatic carbocycles. The molecule has 1 aromatic carbocycles. The summed E-state index contributed by atoms with van der Waals surface area (Å²) >= 11 is 0. The maximum absolute atomic E-state index is 12.6. The van der Waals surface area contributed by atoms with Crippen molar-refractivity contribution < 1.29 is 13.2 Å². The maximum atomic E-state index is 12.6. The minimum absolute atomic E-state index is 0.529. The van der Waals surface area contributed by atoms with Gasteiger partial charge in [-0.1, -0.05) is 6.07 Å². The van der Waals surface area contributed by atoms with E-state index < -0.39 is 11.7 Å². The van der Waals surface area contributed by atoms with Gasteiger partial charge in [0.2, 0.25) is 0 Å². The van der Waals surface area contributed by atoms with E-state index in [1.54, 1.807) is 13.0 Å². The van der Waals surface area contributed by atoms with Crippen LogP contribution in [0.1, 0.15) is 18.1 Å². The zero-order valence-corrected chi connectivity index (χ0v) is 11.1. The van der Waals surface area contributed by atoms with Crippen LogP contribution >= 0.6 is 0 Å². The SMILES string of the molecule is CCNc1cc(-c2ccc(C(F)(F)F)cc2C)ncn1. The van der Waals surface area contributed by atoms with Crippen molar-refractivity contribution in [2.75, 3.05) is 11.9 Å². The summed E-state index contributed by atoms with van der Waals surface area (Å²) in [4.78, 5) is 8.15. The fraction of sp³-hybridized carbons (Fsp3) is 0.286. The summed E-state index contributed by atoms with van der Waals surface area (Å²) in [6.45, 7) is 4.28. The summed E-state index contributed by atoms with van der Waals surface area (Å²) in [5, 5.41) is 3.04. The zero-order valence-electron chi connectivity index (χ0n) is 11.1. The number of alkyl halides is 3. The largest absolute Gasteiger partial charge is 0.416 e. The molecule has 1 aromatic heterocycles. The zero-order chi connectivity index (χ0) is 14.8. The molecule has 0 unspecified atom stereocenters. The first-order chi connectivity index (χ1) is 9.41. The van der Waals surface area contributed by atoms with Crippen LogP contribution in [0.25, 0.3) is 11.3 Å². The van der Waals surface area contributed by atoms with E-state index >= 15 is 0 Å². The summed E-state index contributed by atoms with van der Waals surface area (Å²) < 4.78 is 37.9. The Morgan fingerprint density at radius 2 is 1.90 bits per heavy atom. The lowest BCUT2D eigenvalue weighted by atomic mass is 10.0. The predicted molar refractivity (Wildman–Crippen MR) is 71.4 cm³/mol. The molecule has 0 atom stereocenters. The standard InChI is InChI=1S/C14H14F3N3/c1-3-18-13-7-12(19-8-20-13)11-5-4-10(6-9(11)2)14(15,16)17/h4-8H,3H2,1-2H3,(H,18,19,20). The van der Waals surface area contributed by atoms with Crippen LogP contribution in [-0.2, 0) is 6.18 Å². The van der Waals surface area contributed by atoms with Crippen molar-refractivity contribution in [2.24, 2.45) is 0 Å². The molecule has 0 saturated heterocycles. The minimum atomic E-state index is -4.33. The molecule has 0 spiro atoms. The molecule has 0 aliphatic rings. The van der Waals surface area contributed by atoms with Crippen molar-refractivity contribution in [1.82, 2.24) is 9.97 Å². The van der Waals surface area contributed by atoms with Gasteiger partial charge in [-0.15, -0.1) is 0 Å². The van der Waals surface area contributed by atoms with Crippen molar-refractivity contribution in [3.63, 3.8) is 0 Å². The lowest BCUT2D eigenvalue weighted by Crippen LogP contribution is -2.05. The highest BCUT2D eigenvalue weighted by molar-refractivity contribution is 5.66. The van der Waals surface area contributed by atoms with Crippen molar-refractivity contribution in [3.8, 4) is 11.3 Å². The van der Waals surface area contributed by atoms with Crippen LogP contribution < -0.4 is 5.32 Å². The van der Waals surface area contributed by atoms with Crippen LogP contribution in [0, 0.1) is 6.92 Å². The number of aromatic nitrogens is 2. The van der Waals surface area contributed by atoms with Crippen LogP contribution in [-0.4, -0.2) is 16.5 Å². The Hall–Kier alpha value is -2.11. The van der Waals surface area contributed by atoms with E-state index in [9.17, 15) is 13.2 Å². The van der Waals surface area contributed by atoms with E-state index in [0.29, 0.717) is 29.2 Å². The number of rotatable bonds is 3. The Morgan fingerprint density at radius 1 is 1.15 bits per heavy atom. The van der Waals surface area contributed by atoms with E-state index in [-0.39, 0.29) is 0 Å². The van der Waals surface area contributed by atoms with Gasteiger partial charge in [-0.05, 0) is 31.5 Å². The highest BCUT2D eigenvalue weighted by atomic mass is 19.4. The molecule has 0 radical (unpaired) electrons. The molecular formula is C14H14F3N3.